The highest BCUT2D eigenvalue weighted by Crippen LogP contribution is 2.35. The molecule has 0 unspecified atom stereocenters. The number of rotatable bonds is 5. The lowest BCUT2D eigenvalue weighted by Crippen LogP contribution is -1.96. The van der Waals surface area contributed by atoms with E-state index < -0.39 is 0 Å². The molecule has 0 saturated heterocycles. The van der Waals surface area contributed by atoms with Crippen molar-refractivity contribution in [3.05, 3.63) is 163 Å². The molecule has 0 fully saturated rings. The summed E-state index contributed by atoms with van der Waals surface area (Å²) in [5.41, 5.74) is 11.0. The second-order valence-corrected chi connectivity index (χ2v) is 11.3. The number of nitriles is 2. The van der Waals surface area contributed by atoms with E-state index in [0.29, 0.717) is 17.0 Å². The second-order valence-electron chi connectivity index (χ2n) is 11.3. The summed E-state index contributed by atoms with van der Waals surface area (Å²) in [5, 5.41) is 21.0. The lowest BCUT2D eigenvalue weighted by Gasteiger charge is -2.12. The zero-order valence-electron chi connectivity index (χ0n) is 25.2. The van der Waals surface area contributed by atoms with Gasteiger partial charge in [-0.2, -0.15) is 10.5 Å². The Morgan fingerprint density at radius 3 is 1.55 bits per heavy atom. The maximum Gasteiger partial charge on any atom is 0.160 e. The molecule has 218 valence electrons. The minimum atomic E-state index is 0.588. The molecule has 0 atom stereocenters. The van der Waals surface area contributed by atoms with Gasteiger partial charge < -0.3 is 4.57 Å². The summed E-state index contributed by atoms with van der Waals surface area (Å²) in [5.74, 6) is 0.687. The summed E-state index contributed by atoms with van der Waals surface area (Å²) in [7, 11) is 0. The van der Waals surface area contributed by atoms with E-state index >= 15 is 0 Å². The number of fused-ring (bicyclic) bond motifs is 3. The number of hydrogen-bond acceptors (Lipinski definition) is 4. The fraction of sp³-hybridized carbons (Fsp3) is 0. The third-order valence-electron chi connectivity index (χ3n) is 8.47. The van der Waals surface area contributed by atoms with Gasteiger partial charge in [-0.15, -0.1) is 0 Å². The molecule has 0 aliphatic heterocycles. The van der Waals surface area contributed by atoms with Crippen LogP contribution < -0.4 is 0 Å². The molecule has 6 aromatic carbocycles. The Kier molecular flexibility index (Phi) is 6.84. The molecule has 0 spiro atoms. The smallest absolute Gasteiger partial charge is 0.160 e. The summed E-state index contributed by atoms with van der Waals surface area (Å²) in [4.78, 5) is 9.94. The molecule has 2 heterocycles. The first-order valence-electron chi connectivity index (χ1n) is 15.3. The third-order valence-corrected chi connectivity index (χ3v) is 8.47. The first kappa shape index (κ1) is 27.7. The van der Waals surface area contributed by atoms with Crippen molar-refractivity contribution in [3.63, 3.8) is 0 Å². The van der Waals surface area contributed by atoms with Gasteiger partial charge in [-0.05, 0) is 71.8 Å². The number of benzene rings is 6. The van der Waals surface area contributed by atoms with E-state index in [4.69, 9.17) is 9.97 Å². The van der Waals surface area contributed by atoms with E-state index in [-0.39, 0.29) is 0 Å². The largest absolute Gasteiger partial charge is 0.309 e. The first-order chi connectivity index (χ1) is 23.2. The molecule has 8 aromatic rings. The summed E-state index contributed by atoms with van der Waals surface area (Å²) >= 11 is 0. The molecular weight excluding hydrogens is 574 g/mol. The number of nitrogens with zero attached hydrogens (tertiary/aromatic N) is 5. The van der Waals surface area contributed by atoms with Crippen LogP contribution in [-0.2, 0) is 0 Å². The van der Waals surface area contributed by atoms with E-state index in [1.54, 1.807) is 0 Å². The van der Waals surface area contributed by atoms with Gasteiger partial charge in [0.15, 0.2) is 5.82 Å². The van der Waals surface area contributed by atoms with E-state index in [1.165, 1.54) is 0 Å². The Labute approximate surface area is 271 Å². The van der Waals surface area contributed by atoms with Gasteiger partial charge in [-0.3, -0.25) is 0 Å². The van der Waals surface area contributed by atoms with Crippen LogP contribution in [0.5, 0.6) is 0 Å². The molecule has 0 radical (unpaired) electrons. The standard InChI is InChI=1S/C42H25N5/c43-26-28-14-20-40-36(22-28)37-23-29(27-44)15-21-41(37)47(40)35-18-16-30(17-19-35)33-12-7-13-34(24-33)39-25-38(31-8-3-1-4-9-31)45-42(46-39)32-10-5-2-6-11-32/h1-25H. The van der Waals surface area contributed by atoms with E-state index in [2.05, 4.69) is 83.4 Å². The van der Waals surface area contributed by atoms with Gasteiger partial charge in [-0.1, -0.05) is 91.0 Å². The summed E-state index contributed by atoms with van der Waals surface area (Å²) < 4.78 is 2.18. The van der Waals surface area contributed by atoms with Crippen molar-refractivity contribution >= 4 is 21.8 Å². The molecule has 0 N–H and O–H groups in total. The molecule has 0 amide bonds. The Morgan fingerprint density at radius 1 is 0.426 bits per heavy atom. The molecule has 0 bridgehead atoms. The van der Waals surface area contributed by atoms with Crippen LogP contribution in [0.3, 0.4) is 0 Å². The van der Waals surface area contributed by atoms with Crippen molar-refractivity contribution in [1.82, 2.24) is 14.5 Å². The Balaban J connectivity index is 1.20. The van der Waals surface area contributed by atoms with Gasteiger partial charge in [0.1, 0.15) is 0 Å². The maximum absolute atomic E-state index is 9.54. The maximum atomic E-state index is 9.54. The minimum absolute atomic E-state index is 0.588. The molecule has 47 heavy (non-hydrogen) atoms. The van der Waals surface area contributed by atoms with Crippen LogP contribution in [0, 0.1) is 22.7 Å². The van der Waals surface area contributed by atoms with Gasteiger partial charge in [-0.25, -0.2) is 9.97 Å². The quantitative estimate of drug-likeness (QED) is 0.197. The SMILES string of the molecule is N#Cc1ccc2c(c1)c1cc(C#N)ccc1n2-c1ccc(-c2cccc(-c3cc(-c4ccccc4)nc(-c4ccccc4)n3)c2)cc1. The zero-order chi connectivity index (χ0) is 31.7. The lowest BCUT2D eigenvalue weighted by atomic mass is 10.0. The lowest BCUT2D eigenvalue weighted by molar-refractivity contribution is 1.18. The normalized spacial score (nSPS) is 10.9. The minimum Gasteiger partial charge on any atom is -0.309 e. The molecule has 5 nitrogen and oxygen atoms in total. The van der Waals surface area contributed by atoms with Crippen molar-refractivity contribution in [2.75, 3.05) is 0 Å². The van der Waals surface area contributed by atoms with E-state index in [0.717, 1.165) is 66.7 Å². The summed E-state index contributed by atoms with van der Waals surface area (Å²) in [6.07, 6.45) is 0. The first-order valence-corrected chi connectivity index (χ1v) is 15.3. The van der Waals surface area contributed by atoms with Crippen molar-refractivity contribution in [2.24, 2.45) is 0 Å². The van der Waals surface area contributed by atoms with Gasteiger partial charge in [0.2, 0.25) is 0 Å². The molecule has 0 saturated carbocycles. The predicted octanol–water partition coefficient (Wildman–Crippen LogP) is 9.99. The van der Waals surface area contributed by atoms with Crippen molar-refractivity contribution < 1.29 is 0 Å². The van der Waals surface area contributed by atoms with E-state index in [9.17, 15) is 10.5 Å². The summed E-state index contributed by atoms with van der Waals surface area (Å²) in [6.45, 7) is 0. The van der Waals surface area contributed by atoms with Crippen LogP contribution >= 0.6 is 0 Å². The topological polar surface area (TPSA) is 78.3 Å². The number of hydrogen-bond donors (Lipinski definition) is 0. The van der Waals surface area contributed by atoms with Gasteiger partial charge in [0, 0.05) is 33.2 Å². The zero-order valence-corrected chi connectivity index (χ0v) is 25.2. The van der Waals surface area contributed by atoms with Crippen LogP contribution in [0.25, 0.3) is 72.5 Å². The van der Waals surface area contributed by atoms with Gasteiger partial charge in [0.05, 0.1) is 45.7 Å². The monoisotopic (exact) mass is 599 g/mol. The fourth-order valence-electron chi connectivity index (χ4n) is 6.17. The van der Waals surface area contributed by atoms with Crippen LogP contribution in [0.15, 0.2) is 152 Å². The van der Waals surface area contributed by atoms with Gasteiger partial charge >= 0.3 is 0 Å². The Bertz CT molecular complexity index is 2390. The van der Waals surface area contributed by atoms with Crippen molar-refractivity contribution in [1.29, 1.82) is 10.5 Å². The van der Waals surface area contributed by atoms with E-state index in [1.807, 2.05) is 84.9 Å². The van der Waals surface area contributed by atoms with Crippen LogP contribution in [0.1, 0.15) is 11.1 Å². The Morgan fingerprint density at radius 2 is 0.957 bits per heavy atom. The predicted molar refractivity (Wildman–Crippen MR) is 188 cm³/mol. The Hall–Kier alpha value is -6.82. The van der Waals surface area contributed by atoms with Crippen LogP contribution in [0.2, 0.25) is 0 Å². The number of aromatic nitrogens is 3. The third kappa shape index (κ3) is 5.09. The highest BCUT2D eigenvalue weighted by molar-refractivity contribution is 6.10. The highest BCUT2D eigenvalue weighted by Gasteiger charge is 2.15. The fourth-order valence-corrected chi connectivity index (χ4v) is 6.17. The molecule has 5 heteroatoms. The highest BCUT2D eigenvalue weighted by atomic mass is 15.0. The molecule has 0 aliphatic rings. The summed E-state index contributed by atoms with van der Waals surface area (Å²) in [6, 6.07) is 55.2. The van der Waals surface area contributed by atoms with Crippen LogP contribution in [-0.4, -0.2) is 14.5 Å². The van der Waals surface area contributed by atoms with Crippen molar-refractivity contribution in [2.45, 2.75) is 0 Å². The molecule has 8 rings (SSSR count). The molecule has 0 aliphatic carbocycles. The van der Waals surface area contributed by atoms with Crippen LogP contribution in [0.4, 0.5) is 0 Å². The molecule has 2 aromatic heterocycles. The molecular formula is C42H25N5. The average molecular weight is 600 g/mol. The average Bonchev–Trinajstić information content (AvgIpc) is 3.48. The van der Waals surface area contributed by atoms with Gasteiger partial charge in [0.25, 0.3) is 0 Å². The van der Waals surface area contributed by atoms with Crippen molar-refractivity contribution in [3.8, 4) is 62.9 Å². The second kappa shape index (κ2) is 11.6.